The van der Waals surface area contributed by atoms with E-state index >= 15 is 0 Å². The molecule has 0 aliphatic carbocycles. The smallest absolute Gasteiger partial charge is 0.221 e. The zero-order chi connectivity index (χ0) is 11.0. The molecule has 0 saturated carbocycles. The number of hydrogen-bond donors (Lipinski definition) is 1. The van der Waals surface area contributed by atoms with E-state index in [0.29, 0.717) is 6.42 Å². The van der Waals surface area contributed by atoms with Crippen LogP contribution in [0.2, 0.25) is 0 Å². The Morgan fingerprint density at radius 2 is 2.00 bits per heavy atom. The van der Waals surface area contributed by atoms with Crippen molar-refractivity contribution >= 4 is 49.5 Å². The molecule has 2 nitrogen and oxygen atoms in total. The van der Waals surface area contributed by atoms with Gasteiger partial charge in [0.15, 0.2) is 0 Å². The Morgan fingerprint density at radius 1 is 1.43 bits per heavy atom. The molecule has 0 aromatic heterocycles. The highest BCUT2D eigenvalue weighted by Crippen LogP contribution is 2.17. The number of rotatable bonds is 7. The summed E-state index contributed by atoms with van der Waals surface area (Å²) < 4.78 is 0. The maximum atomic E-state index is 11.5. The van der Waals surface area contributed by atoms with Crippen molar-refractivity contribution in [3.05, 3.63) is 0 Å². The van der Waals surface area contributed by atoms with E-state index in [9.17, 15) is 4.79 Å². The second kappa shape index (κ2) is 7.99. The van der Waals surface area contributed by atoms with E-state index in [1.54, 1.807) is 11.8 Å². The second-order valence-corrected chi connectivity index (χ2v) is 5.30. The van der Waals surface area contributed by atoms with E-state index in [4.69, 9.17) is 0 Å². The lowest BCUT2D eigenvalue weighted by Gasteiger charge is -2.30. The van der Waals surface area contributed by atoms with Crippen molar-refractivity contribution in [3.63, 3.8) is 0 Å². The highest BCUT2D eigenvalue weighted by atomic mass is 79.9. The van der Waals surface area contributed by atoms with Gasteiger partial charge in [0, 0.05) is 22.8 Å². The minimum atomic E-state index is -0.129. The molecule has 0 radical (unpaired) electrons. The number of amides is 1. The Morgan fingerprint density at radius 3 is 2.36 bits per heavy atom. The van der Waals surface area contributed by atoms with Crippen LogP contribution in [0.25, 0.3) is 0 Å². The van der Waals surface area contributed by atoms with Crippen LogP contribution in [0.5, 0.6) is 0 Å². The van der Waals surface area contributed by atoms with Crippen molar-refractivity contribution in [2.75, 3.05) is 22.7 Å². The SMILES string of the molecule is CCC(CBr)(CBr)NC(=O)CCSC. The van der Waals surface area contributed by atoms with Crippen molar-refractivity contribution in [1.82, 2.24) is 5.32 Å². The number of carbonyl (C=O) groups excluding carboxylic acids is 1. The van der Waals surface area contributed by atoms with Gasteiger partial charge in [-0.05, 0) is 12.7 Å². The molecule has 0 fully saturated rings. The van der Waals surface area contributed by atoms with Gasteiger partial charge in [-0.3, -0.25) is 4.79 Å². The standard InChI is InChI=1S/C9H17Br2NOS/c1-3-9(6-10,7-11)12-8(13)4-5-14-2/h3-7H2,1-2H3,(H,12,13). The van der Waals surface area contributed by atoms with Crippen LogP contribution in [0.3, 0.4) is 0 Å². The second-order valence-electron chi connectivity index (χ2n) is 3.19. The zero-order valence-electron chi connectivity index (χ0n) is 8.61. The highest BCUT2D eigenvalue weighted by molar-refractivity contribution is 9.09. The van der Waals surface area contributed by atoms with E-state index in [1.807, 2.05) is 6.26 Å². The number of carbonyl (C=O) groups is 1. The first-order valence-corrected chi connectivity index (χ1v) is 8.19. The van der Waals surface area contributed by atoms with E-state index in [-0.39, 0.29) is 11.4 Å². The summed E-state index contributed by atoms with van der Waals surface area (Å²) in [5.74, 6) is 1.02. The maximum absolute atomic E-state index is 11.5. The van der Waals surface area contributed by atoms with Crippen LogP contribution in [0.4, 0.5) is 0 Å². The molecule has 0 saturated heterocycles. The van der Waals surface area contributed by atoms with Gasteiger partial charge >= 0.3 is 0 Å². The van der Waals surface area contributed by atoms with Crippen molar-refractivity contribution in [2.45, 2.75) is 25.3 Å². The molecule has 1 N–H and O–H groups in total. The third-order valence-corrected chi connectivity index (χ3v) is 4.89. The Bertz CT molecular complexity index is 166. The van der Waals surface area contributed by atoms with Gasteiger partial charge in [0.05, 0.1) is 5.54 Å². The Balaban J connectivity index is 4.08. The van der Waals surface area contributed by atoms with Gasteiger partial charge in [-0.15, -0.1) is 0 Å². The monoisotopic (exact) mass is 345 g/mol. The first-order valence-electron chi connectivity index (χ1n) is 4.56. The molecule has 84 valence electrons. The first-order chi connectivity index (χ1) is 6.64. The minimum absolute atomic E-state index is 0.129. The molecular weight excluding hydrogens is 330 g/mol. The Kier molecular flexibility index (Phi) is 8.44. The summed E-state index contributed by atoms with van der Waals surface area (Å²) in [6.45, 7) is 2.08. The molecule has 0 aliphatic heterocycles. The van der Waals surface area contributed by atoms with Crippen molar-refractivity contribution in [1.29, 1.82) is 0 Å². The summed E-state index contributed by atoms with van der Waals surface area (Å²) in [7, 11) is 0. The number of halogens is 2. The number of hydrogen-bond acceptors (Lipinski definition) is 2. The van der Waals surface area contributed by atoms with E-state index in [2.05, 4.69) is 44.1 Å². The molecular formula is C9H17Br2NOS. The molecule has 0 aromatic rings. The molecule has 0 spiro atoms. The molecule has 1 amide bonds. The molecule has 0 aromatic carbocycles. The van der Waals surface area contributed by atoms with Crippen molar-refractivity contribution in [2.24, 2.45) is 0 Å². The zero-order valence-corrected chi connectivity index (χ0v) is 12.6. The van der Waals surface area contributed by atoms with Gasteiger partial charge in [-0.1, -0.05) is 38.8 Å². The summed E-state index contributed by atoms with van der Waals surface area (Å²) in [4.78, 5) is 11.5. The van der Waals surface area contributed by atoms with Crippen LogP contribution in [-0.2, 0) is 4.79 Å². The molecule has 0 atom stereocenters. The fraction of sp³-hybridized carbons (Fsp3) is 0.889. The van der Waals surface area contributed by atoms with Gasteiger partial charge in [0.2, 0.25) is 5.91 Å². The topological polar surface area (TPSA) is 29.1 Å². The largest absolute Gasteiger partial charge is 0.349 e. The summed E-state index contributed by atoms with van der Waals surface area (Å²) in [5.41, 5.74) is -0.129. The Hall–Kier alpha value is 0.780. The number of alkyl halides is 2. The summed E-state index contributed by atoms with van der Waals surface area (Å²) in [6, 6.07) is 0. The average molecular weight is 347 g/mol. The Labute approximate surface area is 107 Å². The van der Waals surface area contributed by atoms with E-state index in [0.717, 1.165) is 22.8 Å². The molecule has 0 rings (SSSR count). The number of thioether (sulfide) groups is 1. The third-order valence-electron chi connectivity index (χ3n) is 2.13. The van der Waals surface area contributed by atoms with Crippen molar-refractivity contribution in [3.8, 4) is 0 Å². The first kappa shape index (κ1) is 14.8. The van der Waals surface area contributed by atoms with Crippen LogP contribution in [0, 0.1) is 0 Å². The summed E-state index contributed by atoms with van der Waals surface area (Å²) >= 11 is 8.57. The lowest BCUT2D eigenvalue weighted by Crippen LogP contribution is -2.51. The van der Waals surface area contributed by atoms with Crippen LogP contribution >= 0.6 is 43.6 Å². The van der Waals surface area contributed by atoms with Crippen molar-refractivity contribution < 1.29 is 4.79 Å². The van der Waals surface area contributed by atoms with Crippen LogP contribution < -0.4 is 5.32 Å². The predicted octanol–water partition coefficient (Wildman–Crippen LogP) is 2.79. The minimum Gasteiger partial charge on any atom is -0.349 e. The lowest BCUT2D eigenvalue weighted by molar-refractivity contribution is -0.122. The van der Waals surface area contributed by atoms with E-state index in [1.165, 1.54) is 0 Å². The van der Waals surface area contributed by atoms with Gasteiger partial charge in [0.25, 0.3) is 0 Å². The molecule has 0 unspecified atom stereocenters. The predicted molar refractivity (Wildman–Crippen MR) is 71.8 cm³/mol. The fourth-order valence-electron chi connectivity index (χ4n) is 0.933. The van der Waals surface area contributed by atoms with Gasteiger partial charge in [-0.2, -0.15) is 11.8 Å². The van der Waals surface area contributed by atoms with Gasteiger partial charge in [0.1, 0.15) is 0 Å². The maximum Gasteiger partial charge on any atom is 0.221 e. The highest BCUT2D eigenvalue weighted by Gasteiger charge is 2.27. The molecule has 0 bridgehead atoms. The summed E-state index contributed by atoms with van der Waals surface area (Å²) in [6.07, 6.45) is 3.53. The number of nitrogens with one attached hydrogen (secondary N) is 1. The van der Waals surface area contributed by atoms with Gasteiger partial charge < -0.3 is 5.32 Å². The van der Waals surface area contributed by atoms with Crippen LogP contribution in [0.1, 0.15) is 19.8 Å². The molecule has 14 heavy (non-hydrogen) atoms. The van der Waals surface area contributed by atoms with Crippen LogP contribution in [0.15, 0.2) is 0 Å². The van der Waals surface area contributed by atoms with Crippen LogP contribution in [-0.4, -0.2) is 34.1 Å². The molecule has 5 heteroatoms. The molecule has 0 heterocycles. The van der Waals surface area contributed by atoms with Gasteiger partial charge in [-0.25, -0.2) is 0 Å². The summed E-state index contributed by atoms with van der Waals surface area (Å²) in [5, 5.41) is 4.64. The normalized spacial score (nSPS) is 11.4. The third kappa shape index (κ3) is 5.03. The van der Waals surface area contributed by atoms with E-state index < -0.39 is 0 Å². The lowest BCUT2D eigenvalue weighted by atomic mass is 10.0. The average Bonchev–Trinajstić information content (AvgIpc) is 2.23. The fourth-order valence-corrected chi connectivity index (χ4v) is 3.32. The quantitative estimate of drug-likeness (QED) is 0.718. The molecule has 0 aliphatic rings.